The first kappa shape index (κ1) is 27.3. The molecule has 0 radical (unpaired) electrons. The third kappa shape index (κ3) is 3.68. The molecule has 0 aliphatic carbocycles. The maximum absolute atomic E-state index is 6.56. The molecule has 0 fully saturated rings. The summed E-state index contributed by atoms with van der Waals surface area (Å²) in [6.45, 7) is 0. The van der Waals surface area contributed by atoms with Crippen molar-refractivity contribution in [2.24, 2.45) is 0 Å². The largest absolute Gasteiger partial charge is 0.437 e. The fraction of sp³-hybridized carbons (Fsp3) is 0. The quantitative estimate of drug-likeness (QED) is 0.172. The first-order chi connectivity index (χ1) is 25.3. The molecule has 0 unspecified atom stereocenters. The minimum atomic E-state index is 0.576. The summed E-state index contributed by atoms with van der Waals surface area (Å²) in [5.41, 5.74) is 5.41. The van der Waals surface area contributed by atoms with Gasteiger partial charge in [0.15, 0.2) is 0 Å². The SMILES string of the molecule is c1ccc2cc(-c3nc(-n4c5ccccc5c5c6ccccc6c6c(ccc7sc8ccccc8c76)c54)nc4oc5ccccc5c34)ccc2c1. The molecule has 0 bridgehead atoms. The summed E-state index contributed by atoms with van der Waals surface area (Å²) in [5.74, 6) is 0.586. The van der Waals surface area contributed by atoms with Gasteiger partial charge in [0.1, 0.15) is 5.58 Å². The maximum Gasteiger partial charge on any atom is 0.238 e. The number of para-hydroxylation sites is 2. The molecule has 236 valence electrons. The monoisotopic (exact) mass is 667 g/mol. The lowest BCUT2D eigenvalue weighted by atomic mass is 9.94. The van der Waals surface area contributed by atoms with Crippen LogP contribution in [0.4, 0.5) is 0 Å². The van der Waals surface area contributed by atoms with Gasteiger partial charge >= 0.3 is 0 Å². The predicted molar refractivity (Wildman–Crippen MR) is 214 cm³/mol. The van der Waals surface area contributed by atoms with Crippen LogP contribution in [0.25, 0.3) is 114 Å². The zero-order valence-corrected chi connectivity index (χ0v) is 27.9. The van der Waals surface area contributed by atoms with Gasteiger partial charge in [0.2, 0.25) is 11.7 Å². The third-order valence-corrected chi connectivity index (χ3v) is 11.7. The molecule has 5 heteroatoms. The van der Waals surface area contributed by atoms with E-state index in [0.717, 1.165) is 44.0 Å². The predicted octanol–water partition coefficient (Wildman–Crippen LogP) is 13.0. The van der Waals surface area contributed by atoms with Crippen LogP contribution in [0, 0.1) is 0 Å². The molecule has 51 heavy (non-hydrogen) atoms. The number of fused-ring (bicyclic) bond motifs is 16. The van der Waals surface area contributed by atoms with Gasteiger partial charge in [0, 0.05) is 52.7 Å². The number of rotatable bonds is 2. The number of furan rings is 1. The second kappa shape index (κ2) is 10.0. The molecule has 0 N–H and O–H groups in total. The van der Waals surface area contributed by atoms with Crippen LogP contribution in [-0.2, 0) is 0 Å². The van der Waals surface area contributed by atoms with E-state index in [-0.39, 0.29) is 0 Å². The van der Waals surface area contributed by atoms with Gasteiger partial charge in [0.05, 0.1) is 22.1 Å². The number of hydrogen-bond acceptors (Lipinski definition) is 4. The van der Waals surface area contributed by atoms with Crippen molar-refractivity contribution in [1.29, 1.82) is 0 Å². The van der Waals surface area contributed by atoms with Crippen molar-refractivity contribution in [3.63, 3.8) is 0 Å². The molecule has 4 aromatic heterocycles. The van der Waals surface area contributed by atoms with Gasteiger partial charge in [-0.2, -0.15) is 4.98 Å². The lowest BCUT2D eigenvalue weighted by molar-refractivity contribution is 0.651. The molecule has 0 atom stereocenters. The third-order valence-electron chi connectivity index (χ3n) is 10.6. The van der Waals surface area contributed by atoms with Gasteiger partial charge in [-0.3, -0.25) is 4.57 Å². The van der Waals surface area contributed by atoms with Crippen LogP contribution < -0.4 is 0 Å². The van der Waals surface area contributed by atoms with E-state index < -0.39 is 0 Å². The number of hydrogen-bond donors (Lipinski definition) is 0. The molecule has 0 spiro atoms. The Morgan fingerprint density at radius 1 is 0.471 bits per heavy atom. The van der Waals surface area contributed by atoms with E-state index in [1.54, 1.807) is 0 Å². The summed E-state index contributed by atoms with van der Waals surface area (Å²) in [5, 5.41) is 14.2. The zero-order chi connectivity index (χ0) is 33.2. The summed E-state index contributed by atoms with van der Waals surface area (Å²) in [6, 6.07) is 54.1. The fourth-order valence-corrected chi connectivity index (χ4v) is 9.56. The summed E-state index contributed by atoms with van der Waals surface area (Å²) in [4.78, 5) is 10.8. The van der Waals surface area contributed by atoms with Crippen LogP contribution in [-0.4, -0.2) is 14.5 Å². The molecule has 0 saturated carbocycles. The van der Waals surface area contributed by atoms with Crippen molar-refractivity contribution in [3.8, 4) is 17.2 Å². The maximum atomic E-state index is 6.56. The summed E-state index contributed by atoms with van der Waals surface area (Å²) in [7, 11) is 0. The van der Waals surface area contributed by atoms with Crippen LogP contribution in [0.2, 0.25) is 0 Å². The molecule has 8 aromatic carbocycles. The molecule has 0 amide bonds. The molecule has 0 saturated heterocycles. The molecule has 12 aromatic rings. The first-order valence-corrected chi connectivity index (χ1v) is 18.0. The molecule has 4 nitrogen and oxygen atoms in total. The van der Waals surface area contributed by atoms with E-state index >= 15 is 0 Å². The van der Waals surface area contributed by atoms with Crippen LogP contribution >= 0.6 is 11.3 Å². The van der Waals surface area contributed by atoms with Crippen molar-refractivity contribution in [1.82, 2.24) is 14.5 Å². The highest BCUT2D eigenvalue weighted by atomic mass is 32.1. The normalized spacial score (nSPS) is 12.3. The average molecular weight is 668 g/mol. The smallest absolute Gasteiger partial charge is 0.238 e. The first-order valence-electron chi connectivity index (χ1n) is 17.2. The highest BCUT2D eigenvalue weighted by Crippen LogP contribution is 2.47. The number of benzene rings is 8. The molecule has 0 aliphatic heterocycles. The van der Waals surface area contributed by atoms with Gasteiger partial charge in [0.25, 0.3) is 0 Å². The van der Waals surface area contributed by atoms with Crippen molar-refractivity contribution < 1.29 is 4.42 Å². The van der Waals surface area contributed by atoms with Crippen LogP contribution in [0.1, 0.15) is 0 Å². The highest BCUT2D eigenvalue weighted by Gasteiger charge is 2.24. The second-order valence-electron chi connectivity index (χ2n) is 13.3. The molecular weight excluding hydrogens is 643 g/mol. The molecular formula is C46H25N3OS. The Balaban J connectivity index is 1.29. The minimum absolute atomic E-state index is 0.576. The Bertz CT molecular complexity index is 3440. The van der Waals surface area contributed by atoms with Crippen molar-refractivity contribution in [2.75, 3.05) is 0 Å². The molecule has 0 aliphatic rings. The number of nitrogens with zero attached hydrogens (tertiary/aromatic N) is 3. The lowest BCUT2D eigenvalue weighted by Gasteiger charge is -2.13. The lowest BCUT2D eigenvalue weighted by Crippen LogP contribution is -2.03. The average Bonchev–Trinajstić information content (AvgIpc) is 3.87. The van der Waals surface area contributed by atoms with Gasteiger partial charge < -0.3 is 4.42 Å². The highest BCUT2D eigenvalue weighted by molar-refractivity contribution is 7.26. The number of thiophene rings is 1. The van der Waals surface area contributed by atoms with Gasteiger partial charge in [-0.15, -0.1) is 11.3 Å². The number of aromatic nitrogens is 3. The summed E-state index contributed by atoms with van der Waals surface area (Å²) < 4.78 is 11.4. The Morgan fingerprint density at radius 2 is 1.18 bits per heavy atom. The van der Waals surface area contributed by atoms with E-state index in [4.69, 9.17) is 14.4 Å². The van der Waals surface area contributed by atoms with E-state index in [1.165, 1.54) is 57.9 Å². The van der Waals surface area contributed by atoms with Crippen molar-refractivity contribution >= 4 is 108 Å². The van der Waals surface area contributed by atoms with Gasteiger partial charge in [-0.05, 0) is 51.9 Å². The van der Waals surface area contributed by atoms with E-state index in [0.29, 0.717) is 11.7 Å². The summed E-state index contributed by atoms with van der Waals surface area (Å²) in [6.07, 6.45) is 0. The Morgan fingerprint density at radius 3 is 2.06 bits per heavy atom. The Hall–Kier alpha value is -6.56. The fourth-order valence-electron chi connectivity index (χ4n) is 8.45. The Labute approximate surface area is 294 Å². The Kier molecular flexibility index (Phi) is 5.35. The zero-order valence-electron chi connectivity index (χ0n) is 27.1. The van der Waals surface area contributed by atoms with Crippen LogP contribution in [0.3, 0.4) is 0 Å². The van der Waals surface area contributed by atoms with Crippen molar-refractivity contribution in [2.45, 2.75) is 0 Å². The van der Waals surface area contributed by atoms with Crippen LogP contribution in [0.15, 0.2) is 156 Å². The van der Waals surface area contributed by atoms with Gasteiger partial charge in [-0.25, -0.2) is 4.98 Å². The second-order valence-corrected chi connectivity index (χ2v) is 14.4. The van der Waals surface area contributed by atoms with Crippen LogP contribution in [0.5, 0.6) is 0 Å². The summed E-state index contributed by atoms with van der Waals surface area (Å²) >= 11 is 1.86. The molecule has 12 rings (SSSR count). The minimum Gasteiger partial charge on any atom is -0.437 e. The van der Waals surface area contributed by atoms with Gasteiger partial charge in [-0.1, -0.05) is 121 Å². The van der Waals surface area contributed by atoms with E-state index in [9.17, 15) is 0 Å². The van der Waals surface area contributed by atoms with E-state index in [2.05, 4.69) is 144 Å². The topological polar surface area (TPSA) is 43.9 Å². The van der Waals surface area contributed by atoms with Crippen molar-refractivity contribution in [3.05, 3.63) is 152 Å². The van der Waals surface area contributed by atoms with E-state index in [1.807, 2.05) is 23.5 Å². The standard InChI is InChI=1S/C46H25N3OS/c1-2-12-27-25-28(22-21-26(27)11-1)43-42-32-16-6-9-19-36(32)50-45(42)48-46(47-43)49-35-18-8-5-15-31(35)40-30-14-4-3-13-29(30)39-34(44(40)49)23-24-38-41(39)33-17-7-10-20-37(33)51-38/h1-25H. The molecule has 4 heterocycles.